The van der Waals surface area contributed by atoms with Crippen LogP contribution in [0, 0.1) is 0 Å². The number of nitrogens with one attached hydrogen (secondary N) is 1. The molecule has 1 N–H and O–H groups in total. The first-order valence-corrected chi connectivity index (χ1v) is 8.33. The third-order valence-electron chi connectivity index (χ3n) is 4.09. The molecule has 1 aromatic carbocycles. The minimum absolute atomic E-state index is 0.0535. The third-order valence-corrected chi connectivity index (χ3v) is 4.09. The van der Waals surface area contributed by atoms with Gasteiger partial charge in [-0.25, -0.2) is 4.68 Å². The quantitative estimate of drug-likeness (QED) is 0.605. The predicted molar refractivity (Wildman–Crippen MR) is 98.7 cm³/mol. The van der Waals surface area contributed by atoms with Gasteiger partial charge in [-0.15, -0.1) is 0 Å². The van der Waals surface area contributed by atoms with E-state index in [2.05, 4.69) is 20.4 Å². The summed E-state index contributed by atoms with van der Waals surface area (Å²) >= 11 is 0. The Kier molecular flexibility index (Phi) is 4.38. The molecular formula is C20H17N5O. The van der Waals surface area contributed by atoms with Gasteiger partial charge in [-0.2, -0.15) is 5.10 Å². The molecule has 0 atom stereocenters. The summed E-state index contributed by atoms with van der Waals surface area (Å²) in [5.41, 5.74) is 3.61. The fraction of sp³-hybridized carbons (Fsp3) is 0.100. The van der Waals surface area contributed by atoms with Crippen LogP contribution in [0.25, 0.3) is 16.6 Å². The highest BCUT2D eigenvalue weighted by Gasteiger charge is 2.09. The van der Waals surface area contributed by atoms with E-state index in [0.29, 0.717) is 6.54 Å². The second-order valence-electron chi connectivity index (χ2n) is 5.94. The lowest BCUT2D eigenvalue weighted by Gasteiger charge is -2.06. The number of carbonyl (C=O) groups excluding carboxylic acids is 1. The van der Waals surface area contributed by atoms with Crippen LogP contribution < -0.4 is 5.32 Å². The van der Waals surface area contributed by atoms with Gasteiger partial charge in [0, 0.05) is 24.3 Å². The summed E-state index contributed by atoms with van der Waals surface area (Å²) in [6.45, 7) is 0.516. The number of hydrogen-bond acceptors (Lipinski definition) is 4. The zero-order chi connectivity index (χ0) is 17.8. The largest absolute Gasteiger partial charge is 0.352 e. The molecule has 4 aromatic rings. The average Bonchev–Trinajstić information content (AvgIpc) is 3.11. The van der Waals surface area contributed by atoms with Crippen molar-refractivity contribution in [2.24, 2.45) is 0 Å². The summed E-state index contributed by atoms with van der Waals surface area (Å²) in [7, 11) is 0. The van der Waals surface area contributed by atoms with E-state index in [1.54, 1.807) is 24.8 Å². The Morgan fingerprint density at radius 3 is 2.65 bits per heavy atom. The van der Waals surface area contributed by atoms with Gasteiger partial charge >= 0.3 is 0 Å². The monoisotopic (exact) mass is 343 g/mol. The Hall–Kier alpha value is -3.54. The van der Waals surface area contributed by atoms with E-state index < -0.39 is 0 Å². The van der Waals surface area contributed by atoms with Crippen LogP contribution in [0.15, 0.2) is 73.3 Å². The first-order chi connectivity index (χ1) is 12.8. The van der Waals surface area contributed by atoms with Crippen LogP contribution in [0.2, 0.25) is 0 Å². The first-order valence-electron chi connectivity index (χ1n) is 8.33. The smallest absolute Gasteiger partial charge is 0.226 e. The molecule has 0 saturated carbocycles. The van der Waals surface area contributed by atoms with Gasteiger partial charge in [-0.1, -0.05) is 30.3 Å². The zero-order valence-corrected chi connectivity index (χ0v) is 14.0. The van der Waals surface area contributed by atoms with Crippen LogP contribution in [-0.4, -0.2) is 25.7 Å². The standard InChI is InChI=1S/C20H17N5O/c26-20(23-12-15-4-2-1-3-5-15)11-17-10-16-13-24-25(19(16)14-22-17)18-6-8-21-9-7-18/h1-10,13-14H,11-12H2,(H,23,26). The van der Waals surface area contributed by atoms with Crippen LogP contribution in [0.5, 0.6) is 0 Å². The van der Waals surface area contributed by atoms with Crippen molar-refractivity contribution in [1.82, 2.24) is 25.1 Å². The summed E-state index contributed by atoms with van der Waals surface area (Å²) in [5, 5.41) is 8.28. The molecule has 0 spiro atoms. The predicted octanol–water partition coefficient (Wildman–Crippen LogP) is 2.67. The van der Waals surface area contributed by atoms with Crippen LogP contribution in [0.4, 0.5) is 0 Å². The molecule has 0 aliphatic rings. The maximum absolute atomic E-state index is 12.2. The van der Waals surface area contributed by atoms with Gasteiger partial charge in [-0.3, -0.25) is 14.8 Å². The molecular weight excluding hydrogens is 326 g/mol. The molecule has 0 saturated heterocycles. The summed E-state index contributed by atoms with van der Waals surface area (Å²) in [4.78, 5) is 20.6. The first kappa shape index (κ1) is 16.0. The third kappa shape index (κ3) is 3.44. The summed E-state index contributed by atoms with van der Waals surface area (Å²) in [5.74, 6) is -0.0535. The lowest BCUT2D eigenvalue weighted by atomic mass is 10.2. The Balaban J connectivity index is 1.47. The van der Waals surface area contributed by atoms with Crippen molar-refractivity contribution in [2.45, 2.75) is 13.0 Å². The van der Waals surface area contributed by atoms with Gasteiger partial charge < -0.3 is 5.32 Å². The van der Waals surface area contributed by atoms with Crippen molar-refractivity contribution in [2.75, 3.05) is 0 Å². The maximum Gasteiger partial charge on any atom is 0.226 e. The van der Waals surface area contributed by atoms with E-state index >= 15 is 0 Å². The number of hydrogen-bond donors (Lipinski definition) is 1. The summed E-state index contributed by atoms with van der Waals surface area (Å²) in [6.07, 6.45) is 7.22. The van der Waals surface area contributed by atoms with Crippen LogP contribution in [-0.2, 0) is 17.8 Å². The van der Waals surface area contributed by atoms with E-state index in [9.17, 15) is 4.79 Å². The minimum atomic E-state index is -0.0535. The van der Waals surface area contributed by atoms with Gasteiger partial charge in [-0.05, 0) is 23.8 Å². The van der Waals surface area contributed by atoms with E-state index in [1.807, 2.05) is 53.2 Å². The molecule has 4 rings (SSSR count). The summed E-state index contributed by atoms with van der Waals surface area (Å²) in [6, 6.07) is 15.5. The van der Waals surface area contributed by atoms with Crippen molar-refractivity contribution >= 4 is 16.8 Å². The molecule has 3 heterocycles. The molecule has 0 aliphatic heterocycles. The van der Waals surface area contributed by atoms with Crippen LogP contribution in [0.3, 0.4) is 0 Å². The van der Waals surface area contributed by atoms with E-state index in [1.165, 1.54) is 0 Å². The van der Waals surface area contributed by atoms with E-state index in [0.717, 1.165) is 27.8 Å². The lowest BCUT2D eigenvalue weighted by molar-refractivity contribution is -0.120. The van der Waals surface area contributed by atoms with Gasteiger partial charge in [0.25, 0.3) is 0 Å². The van der Waals surface area contributed by atoms with Crippen molar-refractivity contribution in [3.8, 4) is 5.69 Å². The maximum atomic E-state index is 12.2. The Morgan fingerprint density at radius 1 is 1.04 bits per heavy atom. The number of rotatable bonds is 5. The van der Waals surface area contributed by atoms with Gasteiger partial charge in [0.05, 0.1) is 35.7 Å². The van der Waals surface area contributed by atoms with Crippen molar-refractivity contribution in [3.63, 3.8) is 0 Å². The summed E-state index contributed by atoms with van der Waals surface area (Å²) < 4.78 is 1.81. The normalized spacial score (nSPS) is 10.8. The number of nitrogens with zero attached hydrogens (tertiary/aromatic N) is 4. The second kappa shape index (κ2) is 7.14. The Morgan fingerprint density at radius 2 is 1.85 bits per heavy atom. The number of carbonyl (C=O) groups is 1. The van der Waals surface area contributed by atoms with Gasteiger partial charge in [0.15, 0.2) is 0 Å². The topological polar surface area (TPSA) is 72.7 Å². The molecule has 128 valence electrons. The van der Waals surface area contributed by atoms with Crippen LogP contribution >= 0.6 is 0 Å². The number of benzene rings is 1. The number of aromatic nitrogens is 4. The zero-order valence-electron chi connectivity index (χ0n) is 14.0. The molecule has 1 amide bonds. The molecule has 3 aromatic heterocycles. The highest BCUT2D eigenvalue weighted by atomic mass is 16.1. The molecule has 26 heavy (non-hydrogen) atoms. The molecule has 0 bridgehead atoms. The Bertz CT molecular complexity index is 1030. The number of fused-ring (bicyclic) bond motifs is 1. The molecule has 6 heteroatoms. The van der Waals surface area contributed by atoms with Crippen molar-refractivity contribution in [1.29, 1.82) is 0 Å². The SMILES string of the molecule is O=C(Cc1cc2cnn(-c3ccncc3)c2cn1)NCc1ccccc1. The second-order valence-corrected chi connectivity index (χ2v) is 5.94. The fourth-order valence-corrected chi connectivity index (χ4v) is 2.78. The lowest BCUT2D eigenvalue weighted by Crippen LogP contribution is -2.24. The number of pyridine rings is 2. The van der Waals surface area contributed by atoms with Gasteiger partial charge in [0.1, 0.15) is 0 Å². The highest BCUT2D eigenvalue weighted by Crippen LogP contribution is 2.18. The molecule has 6 nitrogen and oxygen atoms in total. The Labute approximate surface area is 150 Å². The minimum Gasteiger partial charge on any atom is -0.352 e. The number of amides is 1. The van der Waals surface area contributed by atoms with Crippen molar-refractivity contribution < 1.29 is 4.79 Å². The van der Waals surface area contributed by atoms with Crippen molar-refractivity contribution in [3.05, 3.63) is 84.6 Å². The van der Waals surface area contributed by atoms with Crippen LogP contribution in [0.1, 0.15) is 11.3 Å². The van der Waals surface area contributed by atoms with E-state index in [4.69, 9.17) is 0 Å². The highest BCUT2D eigenvalue weighted by molar-refractivity contribution is 5.82. The molecule has 0 unspecified atom stereocenters. The average molecular weight is 343 g/mol. The molecule has 0 aliphatic carbocycles. The molecule has 0 radical (unpaired) electrons. The fourth-order valence-electron chi connectivity index (χ4n) is 2.78. The van der Waals surface area contributed by atoms with E-state index in [-0.39, 0.29) is 12.3 Å². The van der Waals surface area contributed by atoms with Gasteiger partial charge in [0.2, 0.25) is 5.91 Å². The molecule has 0 fully saturated rings.